The predicted molar refractivity (Wildman–Crippen MR) is 256 cm³/mol. The highest BCUT2D eigenvalue weighted by molar-refractivity contribution is 5.85. The molecule has 28 atom stereocenters. The summed E-state index contributed by atoms with van der Waals surface area (Å²) in [5.74, 6) is -0.0674. The van der Waals surface area contributed by atoms with Gasteiger partial charge in [0.2, 0.25) is 0 Å². The van der Waals surface area contributed by atoms with Gasteiger partial charge in [-0.1, -0.05) is 46.6 Å². The largest absolute Gasteiger partial charge is 0.463 e. The third-order valence-electron chi connectivity index (χ3n) is 18.5. The number of hydrogen-bond acceptors (Lipinski definition) is 24. The van der Waals surface area contributed by atoms with Gasteiger partial charge in [0.25, 0.3) is 0 Å². The van der Waals surface area contributed by atoms with E-state index in [0.29, 0.717) is 30.8 Å². The third kappa shape index (κ3) is 11.6. The monoisotopic (exact) mass is 1090 g/mol. The van der Waals surface area contributed by atoms with Crippen molar-refractivity contribution >= 4 is 11.8 Å². The average molecular weight is 1090 g/mol. The van der Waals surface area contributed by atoms with E-state index < -0.39 is 167 Å². The van der Waals surface area contributed by atoms with Crippen LogP contribution in [-0.2, 0) is 52.2 Å². The number of fused-ring (bicyclic) bond motifs is 5. The SMILES string of the molecule is CC(=O)OC[C@H]1O[C@@H](O[C@H]2CC[C@@]3(C)C(=CC[C@H]4[C@@H]5C(=O)C[C@H]([C@H](CO)CCCC(C)C)[C@@]5(C)CC[C@@H]43)[C@H]2O)[C@H](O)[C@@H](O[C@@H]2OC[C@@H](O)[C@@H](O)[C@@H]2OC2OC(CO)C(O)[C@H](O)[C@H]2O)[C@@H]1O[C@@H]1O[C@H](CO)[C@H](O)[C@H](O)[C@H]1O. The highest BCUT2D eigenvalue weighted by atomic mass is 16.8. The van der Waals surface area contributed by atoms with Gasteiger partial charge < -0.3 is 109 Å². The molecule has 0 aromatic heterocycles. The van der Waals surface area contributed by atoms with E-state index in [1.807, 2.05) is 6.08 Å². The lowest BCUT2D eigenvalue weighted by molar-refractivity contribution is -0.397. The number of aliphatic hydroxyl groups excluding tert-OH is 13. The first-order chi connectivity index (χ1) is 36.0. The van der Waals surface area contributed by atoms with Crippen molar-refractivity contribution in [1.29, 1.82) is 0 Å². The minimum absolute atomic E-state index is 0.0175. The second kappa shape index (κ2) is 24.6. The summed E-state index contributed by atoms with van der Waals surface area (Å²) in [5.41, 5.74) is -0.112. The van der Waals surface area contributed by atoms with Crippen molar-refractivity contribution in [2.75, 3.05) is 33.0 Å². The first-order valence-electron chi connectivity index (χ1n) is 27.2. The molecule has 13 N–H and O–H groups in total. The van der Waals surface area contributed by atoms with E-state index >= 15 is 0 Å². The normalized spacial score (nSPS) is 49.1. The Balaban J connectivity index is 1.07. The lowest BCUT2D eigenvalue weighted by Crippen LogP contribution is -2.68. The first-order valence-corrected chi connectivity index (χ1v) is 27.2. The number of hydrogen-bond donors (Lipinski definition) is 13. The van der Waals surface area contributed by atoms with Crippen LogP contribution < -0.4 is 0 Å². The van der Waals surface area contributed by atoms with Crippen LogP contribution in [0.5, 0.6) is 0 Å². The summed E-state index contributed by atoms with van der Waals surface area (Å²) >= 11 is 0. The van der Waals surface area contributed by atoms with Gasteiger partial charge in [0.1, 0.15) is 110 Å². The Morgan fingerprint density at radius 3 is 1.88 bits per heavy atom. The lowest BCUT2D eigenvalue weighted by atomic mass is 9.46. The quantitative estimate of drug-likeness (QED) is 0.0481. The Morgan fingerprint density at radius 1 is 0.697 bits per heavy atom. The van der Waals surface area contributed by atoms with Gasteiger partial charge in [0.05, 0.1) is 25.9 Å². The molecule has 24 nitrogen and oxygen atoms in total. The predicted octanol–water partition coefficient (Wildman–Crippen LogP) is -2.98. The van der Waals surface area contributed by atoms with Crippen molar-refractivity contribution in [2.24, 2.45) is 46.3 Å². The number of carbonyl (C=O) groups is 2. The summed E-state index contributed by atoms with van der Waals surface area (Å²) in [4.78, 5) is 26.6. The van der Waals surface area contributed by atoms with Crippen LogP contribution in [0.4, 0.5) is 0 Å². The van der Waals surface area contributed by atoms with Gasteiger partial charge >= 0.3 is 5.97 Å². The number of rotatable bonds is 18. The van der Waals surface area contributed by atoms with Crippen molar-refractivity contribution < 1.29 is 119 Å². The van der Waals surface area contributed by atoms with Gasteiger partial charge in [-0.25, -0.2) is 0 Å². The molecule has 436 valence electrons. The molecular formula is C52H84O24. The summed E-state index contributed by atoms with van der Waals surface area (Å²) in [6.45, 7) is 6.88. The van der Waals surface area contributed by atoms with E-state index in [0.717, 1.165) is 39.0 Å². The van der Waals surface area contributed by atoms with Crippen LogP contribution in [-0.4, -0.2) is 240 Å². The van der Waals surface area contributed by atoms with E-state index in [1.54, 1.807) is 0 Å². The fraction of sp³-hybridized carbons (Fsp3) is 0.923. The number of esters is 1. The van der Waals surface area contributed by atoms with Gasteiger partial charge in [0, 0.05) is 25.9 Å². The second-order valence-electron chi connectivity index (χ2n) is 23.6. The first kappa shape index (κ1) is 60.1. The van der Waals surface area contributed by atoms with Crippen molar-refractivity contribution in [3.05, 3.63) is 11.6 Å². The molecule has 0 aromatic carbocycles. The van der Waals surface area contributed by atoms with Gasteiger partial charge in [-0.3, -0.25) is 9.59 Å². The number of ether oxygens (including phenoxy) is 9. The Labute approximate surface area is 441 Å². The molecule has 8 rings (SSSR count). The topological polar surface area (TPSA) is 380 Å². The van der Waals surface area contributed by atoms with Crippen LogP contribution in [0.25, 0.3) is 0 Å². The van der Waals surface area contributed by atoms with Gasteiger partial charge in [-0.2, -0.15) is 0 Å². The number of ketones is 1. The van der Waals surface area contributed by atoms with Crippen molar-refractivity contribution in [3.8, 4) is 0 Å². The zero-order chi connectivity index (χ0) is 55.3. The lowest BCUT2D eigenvalue weighted by Gasteiger charge is -2.59. The van der Waals surface area contributed by atoms with Crippen LogP contribution in [0.2, 0.25) is 0 Å². The molecule has 0 spiro atoms. The molecule has 8 aliphatic rings. The van der Waals surface area contributed by atoms with E-state index in [1.165, 1.54) is 0 Å². The van der Waals surface area contributed by atoms with Crippen molar-refractivity contribution in [3.63, 3.8) is 0 Å². The molecule has 0 aromatic rings. The molecule has 0 bridgehead atoms. The van der Waals surface area contributed by atoms with Crippen LogP contribution >= 0.6 is 0 Å². The fourth-order valence-corrected chi connectivity index (χ4v) is 14.3. The molecule has 0 amide bonds. The molecular weight excluding hydrogens is 1010 g/mol. The number of Topliss-reactive ketones (excluding diaryl/α,β-unsaturated/α-hetero) is 1. The number of allylic oxidation sites excluding steroid dienone is 1. The summed E-state index contributed by atoms with van der Waals surface area (Å²) in [6.07, 6.45) is -28.5. The highest BCUT2D eigenvalue weighted by Crippen LogP contribution is 2.66. The van der Waals surface area contributed by atoms with Crippen LogP contribution in [0.3, 0.4) is 0 Å². The Hall–Kier alpha value is -1.96. The molecule has 0 radical (unpaired) electrons. The molecule has 4 aliphatic heterocycles. The molecule has 4 saturated heterocycles. The van der Waals surface area contributed by atoms with Crippen molar-refractivity contribution in [1.82, 2.24) is 0 Å². The van der Waals surface area contributed by atoms with E-state index in [9.17, 15) is 76.0 Å². The Morgan fingerprint density at radius 2 is 1.29 bits per heavy atom. The number of carbonyl (C=O) groups excluding carboxylic acids is 2. The maximum Gasteiger partial charge on any atom is 0.302 e. The van der Waals surface area contributed by atoms with Gasteiger partial charge in [0.15, 0.2) is 25.2 Å². The zero-order valence-corrected chi connectivity index (χ0v) is 43.9. The summed E-state index contributed by atoms with van der Waals surface area (Å²) in [7, 11) is 0. The van der Waals surface area contributed by atoms with Crippen LogP contribution in [0, 0.1) is 46.3 Å². The zero-order valence-electron chi connectivity index (χ0n) is 43.9. The minimum atomic E-state index is -2.01. The molecule has 7 fully saturated rings. The highest BCUT2D eigenvalue weighted by Gasteiger charge is 2.64. The standard InChI is InChI=1S/C52H84O24/c1-21(2)7-6-8-23(16-53)27-15-28(57)34-24-9-10-26-35(59)30(12-14-51(26,4)25(24)11-13-52(27,34)5)70-49-43(67)45(44(33(73-49)20-68-22(3)56)74-47-41(65)39(63)37(61)31(17-54)71-47)75-50-46(36(60)29(58)19-69-50)76-48-42(66)40(64)38(62)32(18-55)72-48/h10,21,23-25,27,29-50,53-55,58-67H,6-9,11-20H2,1-5H3/t23-,24+,25-,27+,29+,30-,31+,32?,33+,34+,35+,36+,37-,38?,39-,40-,41+,42+,43+,44+,45+,46-,47-,48?,49+,50-,51+,52+/m0/s1. The van der Waals surface area contributed by atoms with Gasteiger partial charge in [-0.15, -0.1) is 0 Å². The molecule has 4 aliphatic carbocycles. The summed E-state index contributed by atoms with van der Waals surface area (Å²) in [5, 5.41) is 142. The van der Waals surface area contributed by atoms with E-state index in [2.05, 4.69) is 27.7 Å². The molecule has 76 heavy (non-hydrogen) atoms. The fourth-order valence-electron chi connectivity index (χ4n) is 14.3. The Bertz CT molecular complexity index is 1980. The summed E-state index contributed by atoms with van der Waals surface area (Å²) in [6, 6.07) is 0. The summed E-state index contributed by atoms with van der Waals surface area (Å²) < 4.78 is 53.6. The van der Waals surface area contributed by atoms with E-state index in [-0.39, 0.29) is 53.8 Å². The van der Waals surface area contributed by atoms with Crippen LogP contribution in [0.15, 0.2) is 11.6 Å². The van der Waals surface area contributed by atoms with E-state index in [4.69, 9.17) is 42.6 Å². The molecule has 24 heteroatoms. The van der Waals surface area contributed by atoms with Gasteiger partial charge in [-0.05, 0) is 84.5 Å². The maximum atomic E-state index is 14.2. The second-order valence-corrected chi connectivity index (χ2v) is 23.6. The van der Waals surface area contributed by atoms with Crippen molar-refractivity contribution in [2.45, 2.75) is 221 Å². The number of aliphatic hydroxyl groups is 13. The molecule has 3 unspecified atom stereocenters. The Kier molecular flexibility index (Phi) is 19.5. The van der Waals surface area contributed by atoms with Crippen LogP contribution in [0.1, 0.15) is 92.4 Å². The minimum Gasteiger partial charge on any atom is -0.463 e. The third-order valence-corrected chi connectivity index (χ3v) is 18.5. The molecule has 4 heterocycles. The maximum absolute atomic E-state index is 14.2. The average Bonchev–Trinajstić information content (AvgIpc) is 3.66. The smallest absolute Gasteiger partial charge is 0.302 e. The molecule has 3 saturated carbocycles.